The number of anilines is 2. The molecule has 1 saturated heterocycles. The number of nitrogens with zero attached hydrogens (tertiary/aromatic N) is 1. The number of carbonyl (C=O) groups excluding carboxylic acids is 1. The third-order valence-electron chi connectivity index (χ3n) is 3.85. The zero-order valence-corrected chi connectivity index (χ0v) is 11.7. The van der Waals surface area contributed by atoms with Crippen LogP contribution in [0.25, 0.3) is 0 Å². The summed E-state index contributed by atoms with van der Waals surface area (Å²) >= 11 is 0. The summed E-state index contributed by atoms with van der Waals surface area (Å²) in [5.74, 6) is -0.373. The first-order valence-electron chi connectivity index (χ1n) is 6.88. The van der Waals surface area contributed by atoms with E-state index in [-0.39, 0.29) is 5.97 Å². The molecule has 1 fully saturated rings. The largest absolute Gasteiger partial charge is 0.465 e. The Morgan fingerprint density at radius 1 is 1.37 bits per heavy atom. The number of methoxy groups -OCH3 is 1. The van der Waals surface area contributed by atoms with Crippen LogP contribution in [0, 0.1) is 0 Å². The Morgan fingerprint density at radius 2 is 2.16 bits per heavy atom. The molecule has 0 aliphatic carbocycles. The predicted molar refractivity (Wildman–Crippen MR) is 77.5 cm³/mol. The summed E-state index contributed by atoms with van der Waals surface area (Å²) in [6.07, 6.45) is 4.86. The lowest BCUT2D eigenvalue weighted by molar-refractivity contribution is 0.0602. The van der Waals surface area contributed by atoms with Crippen molar-refractivity contribution in [3.63, 3.8) is 0 Å². The molecule has 0 saturated carbocycles. The number of nitrogens with two attached hydrogens (primary N) is 1. The van der Waals surface area contributed by atoms with Gasteiger partial charge in [0.15, 0.2) is 0 Å². The number of carbonyl (C=O) groups is 1. The molecule has 1 aromatic rings. The number of nitrogen functional groups attached to an aromatic ring is 1. The zero-order chi connectivity index (χ0) is 13.8. The van der Waals surface area contributed by atoms with Crippen LogP contribution >= 0.6 is 0 Å². The highest BCUT2D eigenvalue weighted by molar-refractivity contribution is 5.98. The highest BCUT2D eigenvalue weighted by atomic mass is 16.5. The maximum Gasteiger partial charge on any atom is 0.340 e. The highest BCUT2D eigenvalue weighted by Crippen LogP contribution is 2.31. The molecule has 104 valence electrons. The van der Waals surface area contributed by atoms with E-state index in [0.717, 1.165) is 12.2 Å². The average Bonchev–Trinajstić information content (AvgIpc) is 2.63. The van der Waals surface area contributed by atoms with Crippen LogP contribution in [0.5, 0.6) is 0 Å². The fraction of sp³-hybridized carbons (Fsp3) is 0.533. The lowest BCUT2D eigenvalue weighted by Gasteiger charge is -2.31. The molecule has 2 N–H and O–H groups in total. The summed E-state index contributed by atoms with van der Waals surface area (Å²) in [7, 11) is 1.38. The molecule has 1 aliphatic rings. The molecule has 0 bridgehead atoms. The van der Waals surface area contributed by atoms with Crippen LogP contribution in [0.4, 0.5) is 11.4 Å². The minimum Gasteiger partial charge on any atom is -0.465 e. The molecule has 1 heterocycles. The second kappa shape index (κ2) is 5.95. The molecule has 2 rings (SSSR count). The predicted octanol–water partition coefficient (Wildman–Crippen LogP) is 2.82. The van der Waals surface area contributed by atoms with E-state index in [0.29, 0.717) is 17.3 Å². The second-order valence-electron chi connectivity index (χ2n) is 5.12. The van der Waals surface area contributed by atoms with Gasteiger partial charge in [0.2, 0.25) is 0 Å². The molecule has 0 amide bonds. The molecule has 0 aromatic heterocycles. The van der Waals surface area contributed by atoms with Crippen molar-refractivity contribution in [3.05, 3.63) is 23.8 Å². The summed E-state index contributed by atoms with van der Waals surface area (Å²) in [5, 5.41) is 0. The Hall–Kier alpha value is -1.71. The van der Waals surface area contributed by atoms with Crippen molar-refractivity contribution in [2.75, 3.05) is 24.3 Å². The van der Waals surface area contributed by atoms with Gasteiger partial charge in [-0.15, -0.1) is 0 Å². The van der Waals surface area contributed by atoms with Gasteiger partial charge in [-0.2, -0.15) is 0 Å². The third-order valence-corrected chi connectivity index (χ3v) is 3.85. The van der Waals surface area contributed by atoms with Crippen LogP contribution in [0.15, 0.2) is 18.2 Å². The van der Waals surface area contributed by atoms with Crippen LogP contribution in [0.1, 0.15) is 43.0 Å². The summed E-state index contributed by atoms with van der Waals surface area (Å²) in [4.78, 5) is 14.0. The molecule has 19 heavy (non-hydrogen) atoms. The standard InChI is InChI=1S/C15H22N2O2/c1-11-7-4-3-5-10-17(11)13-9-6-8-12(14(13)16)15(18)19-2/h6,8-9,11H,3-5,7,10,16H2,1-2H3. The number of esters is 1. The Kier molecular flexibility index (Phi) is 4.30. The van der Waals surface area contributed by atoms with Gasteiger partial charge in [-0.1, -0.05) is 18.9 Å². The maximum atomic E-state index is 11.7. The number of ether oxygens (including phenoxy) is 1. The van der Waals surface area contributed by atoms with Gasteiger partial charge in [0.1, 0.15) is 0 Å². The van der Waals surface area contributed by atoms with E-state index in [2.05, 4.69) is 11.8 Å². The van der Waals surface area contributed by atoms with E-state index in [4.69, 9.17) is 10.5 Å². The van der Waals surface area contributed by atoms with Crippen LogP contribution in [0.2, 0.25) is 0 Å². The fourth-order valence-electron chi connectivity index (χ4n) is 2.72. The first-order chi connectivity index (χ1) is 9.15. The summed E-state index contributed by atoms with van der Waals surface area (Å²) in [5.41, 5.74) is 8.10. The van der Waals surface area contributed by atoms with E-state index in [1.165, 1.54) is 32.8 Å². The SMILES string of the molecule is COC(=O)c1cccc(N2CCCCCC2C)c1N. The number of hydrogen-bond acceptors (Lipinski definition) is 4. The first kappa shape index (κ1) is 13.7. The van der Waals surface area contributed by atoms with Gasteiger partial charge in [0.25, 0.3) is 0 Å². The monoisotopic (exact) mass is 262 g/mol. The molecule has 1 unspecified atom stereocenters. The van der Waals surface area contributed by atoms with Gasteiger partial charge in [-0.3, -0.25) is 0 Å². The Balaban J connectivity index is 2.35. The van der Waals surface area contributed by atoms with Gasteiger partial charge < -0.3 is 15.4 Å². The van der Waals surface area contributed by atoms with Gasteiger partial charge in [0.05, 0.1) is 24.0 Å². The van der Waals surface area contributed by atoms with Crippen molar-refractivity contribution in [1.82, 2.24) is 0 Å². The lowest BCUT2D eigenvalue weighted by atomic mass is 10.1. The second-order valence-corrected chi connectivity index (χ2v) is 5.12. The number of hydrogen-bond donors (Lipinski definition) is 1. The van der Waals surface area contributed by atoms with Crippen molar-refractivity contribution in [2.24, 2.45) is 0 Å². The smallest absolute Gasteiger partial charge is 0.340 e. The van der Waals surface area contributed by atoms with Gasteiger partial charge in [-0.25, -0.2) is 4.79 Å². The molecule has 1 atom stereocenters. The third kappa shape index (κ3) is 2.83. The normalized spacial score (nSPS) is 19.9. The number of benzene rings is 1. The molecule has 4 heteroatoms. The first-order valence-corrected chi connectivity index (χ1v) is 6.88. The lowest BCUT2D eigenvalue weighted by Crippen LogP contribution is -2.33. The van der Waals surface area contributed by atoms with E-state index in [1.54, 1.807) is 6.07 Å². The van der Waals surface area contributed by atoms with Gasteiger partial charge in [-0.05, 0) is 31.9 Å². The topological polar surface area (TPSA) is 55.6 Å². The fourth-order valence-corrected chi connectivity index (χ4v) is 2.72. The molecule has 0 spiro atoms. The Morgan fingerprint density at radius 3 is 2.89 bits per heavy atom. The number of para-hydroxylation sites is 1. The molecule has 1 aliphatic heterocycles. The molecular formula is C15H22N2O2. The van der Waals surface area contributed by atoms with E-state index in [1.807, 2.05) is 12.1 Å². The van der Waals surface area contributed by atoms with E-state index < -0.39 is 0 Å². The van der Waals surface area contributed by atoms with Crippen molar-refractivity contribution < 1.29 is 9.53 Å². The van der Waals surface area contributed by atoms with Crippen molar-refractivity contribution in [1.29, 1.82) is 0 Å². The highest BCUT2D eigenvalue weighted by Gasteiger charge is 2.21. The van der Waals surface area contributed by atoms with Crippen LogP contribution in [0.3, 0.4) is 0 Å². The van der Waals surface area contributed by atoms with Crippen LogP contribution in [-0.4, -0.2) is 25.7 Å². The Labute approximate surface area is 114 Å². The van der Waals surface area contributed by atoms with Crippen molar-refractivity contribution in [3.8, 4) is 0 Å². The minimum absolute atomic E-state index is 0.373. The zero-order valence-electron chi connectivity index (χ0n) is 11.7. The van der Waals surface area contributed by atoms with E-state index >= 15 is 0 Å². The molecule has 4 nitrogen and oxygen atoms in total. The number of rotatable bonds is 2. The summed E-state index contributed by atoms with van der Waals surface area (Å²) in [6.45, 7) is 3.21. The molecule has 0 radical (unpaired) electrons. The maximum absolute atomic E-state index is 11.7. The Bertz CT molecular complexity index is 459. The summed E-state index contributed by atoms with van der Waals surface area (Å²) < 4.78 is 4.77. The minimum atomic E-state index is -0.373. The molecule has 1 aromatic carbocycles. The van der Waals surface area contributed by atoms with Gasteiger partial charge in [0, 0.05) is 12.6 Å². The van der Waals surface area contributed by atoms with Crippen LogP contribution < -0.4 is 10.6 Å². The van der Waals surface area contributed by atoms with Crippen molar-refractivity contribution >= 4 is 17.3 Å². The molecular weight excluding hydrogens is 240 g/mol. The van der Waals surface area contributed by atoms with Crippen molar-refractivity contribution in [2.45, 2.75) is 38.6 Å². The van der Waals surface area contributed by atoms with Gasteiger partial charge >= 0.3 is 5.97 Å². The van der Waals surface area contributed by atoms with Crippen LogP contribution in [-0.2, 0) is 4.74 Å². The van der Waals surface area contributed by atoms with E-state index in [9.17, 15) is 4.79 Å². The average molecular weight is 262 g/mol. The quantitative estimate of drug-likeness (QED) is 0.657. The summed E-state index contributed by atoms with van der Waals surface area (Å²) in [6, 6.07) is 6.03.